The molecular formula is C16H23Cl. The van der Waals surface area contributed by atoms with Crippen molar-refractivity contribution in [2.24, 2.45) is 16.7 Å². The first-order valence-electron chi connectivity index (χ1n) is 6.41. The molecule has 1 aliphatic rings. The maximum absolute atomic E-state index is 6.70. The van der Waals surface area contributed by atoms with Gasteiger partial charge in [-0.15, -0.1) is 11.6 Å². The molecule has 17 heavy (non-hydrogen) atoms. The van der Waals surface area contributed by atoms with Crippen LogP contribution in [0.2, 0.25) is 0 Å². The van der Waals surface area contributed by atoms with E-state index in [1.807, 2.05) is 0 Å². The summed E-state index contributed by atoms with van der Waals surface area (Å²) < 4.78 is 0. The van der Waals surface area contributed by atoms with Crippen LogP contribution in [0.15, 0.2) is 18.2 Å². The van der Waals surface area contributed by atoms with Gasteiger partial charge in [0.1, 0.15) is 0 Å². The molecule has 1 heteroatoms. The van der Waals surface area contributed by atoms with Gasteiger partial charge in [-0.25, -0.2) is 0 Å². The Labute approximate surface area is 110 Å². The van der Waals surface area contributed by atoms with Crippen LogP contribution in [0.4, 0.5) is 0 Å². The van der Waals surface area contributed by atoms with Crippen molar-refractivity contribution in [2.45, 2.75) is 46.9 Å². The highest BCUT2D eigenvalue weighted by Crippen LogP contribution is 2.73. The van der Waals surface area contributed by atoms with Crippen LogP contribution in [0.5, 0.6) is 0 Å². The zero-order valence-corrected chi connectivity index (χ0v) is 12.5. The van der Waals surface area contributed by atoms with Crippen molar-refractivity contribution in [3.05, 3.63) is 34.9 Å². The van der Waals surface area contributed by atoms with Crippen molar-refractivity contribution in [1.82, 2.24) is 0 Å². The largest absolute Gasteiger partial charge is 0.117 e. The minimum absolute atomic E-state index is 0.138. The highest BCUT2D eigenvalue weighted by Gasteiger charge is 2.67. The van der Waals surface area contributed by atoms with Crippen molar-refractivity contribution in [1.29, 1.82) is 0 Å². The normalized spacial score (nSPS) is 23.5. The minimum atomic E-state index is 0.138. The average Bonchev–Trinajstić information content (AvgIpc) is 2.61. The van der Waals surface area contributed by atoms with Gasteiger partial charge in [-0.3, -0.25) is 0 Å². The van der Waals surface area contributed by atoms with Crippen molar-refractivity contribution >= 4 is 11.6 Å². The summed E-state index contributed by atoms with van der Waals surface area (Å²) in [5.41, 5.74) is 4.64. The summed E-state index contributed by atoms with van der Waals surface area (Å²) >= 11 is 6.70. The van der Waals surface area contributed by atoms with Crippen molar-refractivity contribution in [3.8, 4) is 0 Å². The van der Waals surface area contributed by atoms with Crippen LogP contribution < -0.4 is 0 Å². The van der Waals surface area contributed by atoms with Gasteiger partial charge in [0.05, 0.1) is 5.38 Å². The summed E-state index contributed by atoms with van der Waals surface area (Å²) in [6.45, 7) is 13.6. The first-order valence-corrected chi connectivity index (χ1v) is 6.84. The molecule has 0 bridgehead atoms. The predicted molar refractivity (Wildman–Crippen MR) is 75.6 cm³/mol. The molecule has 0 amide bonds. The second kappa shape index (κ2) is 3.75. The van der Waals surface area contributed by atoms with E-state index < -0.39 is 0 Å². The maximum Gasteiger partial charge on any atom is 0.0624 e. The van der Waals surface area contributed by atoms with Gasteiger partial charge in [0, 0.05) is 0 Å². The summed E-state index contributed by atoms with van der Waals surface area (Å²) in [4.78, 5) is 0. The first kappa shape index (κ1) is 13.0. The topological polar surface area (TPSA) is 0 Å². The Balaban J connectivity index is 2.28. The molecule has 0 nitrogen and oxygen atoms in total. The highest BCUT2D eigenvalue weighted by molar-refractivity contribution is 6.21. The Morgan fingerprint density at radius 1 is 1.00 bits per heavy atom. The zero-order chi connectivity index (χ0) is 13.0. The number of hydrogen-bond acceptors (Lipinski definition) is 0. The number of halogens is 1. The lowest BCUT2D eigenvalue weighted by molar-refractivity contribution is 0.457. The molecule has 1 unspecified atom stereocenters. The van der Waals surface area contributed by atoms with Crippen LogP contribution in [0.25, 0.3) is 0 Å². The predicted octanol–water partition coefficient (Wildman–Crippen LogP) is 5.27. The second-order valence-corrected chi connectivity index (χ2v) is 7.14. The maximum atomic E-state index is 6.70. The molecule has 0 heterocycles. The number of alkyl halides is 1. The van der Waals surface area contributed by atoms with E-state index in [9.17, 15) is 0 Å². The fourth-order valence-electron chi connectivity index (χ4n) is 3.11. The number of rotatable bonds is 2. The molecule has 0 aliphatic heterocycles. The molecule has 0 saturated heterocycles. The molecule has 0 radical (unpaired) electrons. The Kier molecular flexibility index (Phi) is 2.86. The molecule has 1 aromatic rings. The molecule has 0 spiro atoms. The molecule has 1 aromatic carbocycles. The first-order chi connectivity index (χ1) is 7.69. The molecule has 1 atom stereocenters. The van der Waals surface area contributed by atoms with Crippen LogP contribution in [0.3, 0.4) is 0 Å². The average molecular weight is 251 g/mol. The van der Waals surface area contributed by atoms with Crippen molar-refractivity contribution in [2.75, 3.05) is 0 Å². The molecule has 1 fully saturated rings. The highest BCUT2D eigenvalue weighted by atomic mass is 35.5. The summed E-state index contributed by atoms with van der Waals surface area (Å²) in [7, 11) is 0. The van der Waals surface area contributed by atoms with Gasteiger partial charge >= 0.3 is 0 Å². The van der Waals surface area contributed by atoms with Gasteiger partial charge in [0.25, 0.3) is 0 Å². The van der Waals surface area contributed by atoms with E-state index >= 15 is 0 Å². The van der Waals surface area contributed by atoms with E-state index in [-0.39, 0.29) is 5.38 Å². The van der Waals surface area contributed by atoms with Gasteiger partial charge in [-0.1, -0.05) is 45.9 Å². The second-order valence-electron chi connectivity index (χ2n) is 6.67. The molecule has 2 rings (SSSR count). The number of benzene rings is 1. The molecule has 1 saturated carbocycles. The number of aryl methyl sites for hydroxylation is 2. The van der Waals surface area contributed by atoms with Crippen molar-refractivity contribution in [3.63, 3.8) is 0 Å². The molecule has 94 valence electrons. The minimum Gasteiger partial charge on any atom is -0.117 e. The van der Waals surface area contributed by atoms with Gasteiger partial charge in [-0.05, 0) is 47.3 Å². The van der Waals surface area contributed by atoms with Gasteiger partial charge in [-0.2, -0.15) is 0 Å². The summed E-state index contributed by atoms with van der Waals surface area (Å²) in [5.74, 6) is 0.568. The Morgan fingerprint density at radius 2 is 1.53 bits per heavy atom. The van der Waals surface area contributed by atoms with Crippen LogP contribution in [0, 0.1) is 30.6 Å². The third-order valence-electron chi connectivity index (χ3n) is 5.27. The lowest BCUT2D eigenvalue weighted by atomic mass is 9.99. The van der Waals surface area contributed by atoms with Crippen molar-refractivity contribution < 1.29 is 0 Å². The fourth-order valence-corrected chi connectivity index (χ4v) is 3.87. The van der Waals surface area contributed by atoms with Gasteiger partial charge in [0.15, 0.2) is 0 Å². The SMILES string of the molecule is Cc1ccc(C(Cl)C2C(C)(C)C2(C)C)cc1C. The van der Waals surface area contributed by atoms with E-state index in [4.69, 9.17) is 11.6 Å². The molecule has 0 N–H and O–H groups in total. The number of hydrogen-bond donors (Lipinski definition) is 0. The van der Waals surface area contributed by atoms with Gasteiger partial charge < -0.3 is 0 Å². The van der Waals surface area contributed by atoms with Crippen LogP contribution in [-0.2, 0) is 0 Å². The smallest absolute Gasteiger partial charge is 0.0624 e. The summed E-state index contributed by atoms with van der Waals surface area (Å²) in [5, 5.41) is 0.138. The Morgan fingerprint density at radius 3 is 1.94 bits per heavy atom. The van der Waals surface area contributed by atoms with Gasteiger partial charge in [0.2, 0.25) is 0 Å². The lowest BCUT2D eigenvalue weighted by Gasteiger charge is -2.13. The monoisotopic (exact) mass is 250 g/mol. The molecular weight excluding hydrogens is 228 g/mol. The third kappa shape index (κ3) is 1.81. The fraction of sp³-hybridized carbons (Fsp3) is 0.625. The molecule has 0 aromatic heterocycles. The third-order valence-corrected chi connectivity index (χ3v) is 5.78. The van der Waals surface area contributed by atoms with E-state index in [0.29, 0.717) is 16.7 Å². The van der Waals surface area contributed by atoms with E-state index in [0.717, 1.165) is 0 Å². The summed E-state index contributed by atoms with van der Waals surface area (Å²) in [6, 6.07) is 6.62. The van der Waals surface area contributed by atoms with Crippen LogP contribution in [0.1, 0.15) is 49.8 Å². The lowest BCUT2D eigenvalue weighted by Crippen LogP contribution is -2.00. The Bertz CT molecular complexity index is 429. The standard InChI is InChI=1S/C16H23Cl/c1-10-7-8-12(9-11(10)2)13(17)14-15(3,4)16(14,5)6/h7-9,13-14H,1-6H3. The van der Waals surface area contributed by atoms with E-state index in [1.54, 1.807) is 0 Å². The quantitative estimate of drug-likeness (QED) is 0.628. The Hall–Kier alpha value is -0.490. The van der Waals surface area contributed by atoms with Crippen LogP contribution in [-0.4, -0.2) is 0 Å². The van der Waals surface area contributed by atoms with E-state index in [1.165, 1.54) is 16.7 Å². The van der Waals surface area contributed by atoms with Crippen LogP contribution >= 0.6 is 11.6 Å². The summed E-state index contributed by atoms with van der Waals surface area (Å²) in [6.07, 6.45) is 0. The van der Waals surface area contributed by atoms with E-state index in [2.05, 4.69) is 59.7 Å². The molecule has 1 aliphatic carbocycles. The zero-order valence-electron chi connectivity index (χ0n) is 11.8.